The van der Waals surface area contributed by atoms with E-state index in [9.17, 15) is 4.79 Å². The Kier molecular flexibility index (Phi) is 6.27. The number of para-hydroxylation sites is 2. The van der Waals surface area contributed by atoms with Crippen LogP contribution in [-0.2, 0) is 6.54 Å². The molecule has 7 nitrogen and oxygen atoms in total. The molecule has 0 spiro atoms. The lowest BCUT2D eigenvalue weighted by molar-refractivity contribution is 0.819. The fourth-order valence-electron chi connectivity index (χ4n) is 5.92. The summed E-state index contributed by atoms with van der Waals surface area (Å²) in [5.41, 5.74) is 7.49. The van der Waals surface area contributed by atoms with E-state index in [0.29, 0.717) is 10.2 Å². The number of fused-ring (bicyclic) bond motifs is 4. The molecule has 0 N–H and O–H groups in total. The summed E-state index contributed by atoms with van der Waals surface area (Å²) >= 11 is 1.46. The van der Waals surface area contributed by atoms with Gasteiger partial charge in [-0.3, -0.25) is 4.79 Å². The van der Waals surface area contributed by atoms with Crippen molar-refractivity contribution in [3.05, 3.63) is 137 Å². The summed E-state index contributed by atoms with van der Waals surface area (Å²) in [4.78, 5) is 18.9. The third-order valence-corrected chi connectivity index (χ3v) is 8.90. The van der Waals surface area contributed by atoms with Gasteiger partial charge in [-0.1, -0.05) is 72.8 Å². The van der Waals surface area contributed by atoms with Crippen molar-refractivity contribution < 1.29 is 0 Å². The van der Waals surface area contributed by atoms with Crippen LogP contribution in [0.4, 0.5) is 0 Å². The van der Waals surface area contributed by atoms with Gasteiger partial charge in [0.15, 0.2) is 0 Å². The van der Waals surface area contributed by atoms with Gasteiger partial charge in [0.05, 0.1) is 17.3 Å². The lowest BCUT2D eigenvalue weighted by Gasteiger charge is -2.04. The molecule has 8 heteroatoms. The first-order valence-corrected chi connectivity index (χ1v) is 15.3. The first-order chi connectivity index (χ1) is 21.7. The van der Waals surface area contributed by atoms with Gasteiger partial charge in [-0.25, -0.2) is 9.67 Å². The smallest absolute Gasteiger partial charge is 0.283 e. The van der Waals surface area contributed by atoms with Gasteiger partial charge in [-0.05, 0) is 42.8 Å². The summed E-state index contributed by atoms with van der Waals surface area (Å²) in [6.45, 7) is 3.05. The maximum atomic E-state index is 13.7. The van der Waals surface area contributed by atoms with Crippen LogP contribution in [0.25, 0.3) is 60.1 Å². The number of thiophene rings is 1. The standard InChI is InChI=1S/C36H26N6OS/c1-2-40-31-16-10-9-15-28(31)29-19-25(17-18-32(29)40)34-26(21-41(39-34)27-13-7-4-8-14-27)20-38-42-23-37-35-33(36(42)43)30(22-44-35)24-11-5-3-6-12-24/h3-23H,2H2,1H3/b38-20+. The van der Waals surface area contributed by atoms with Crippen LogP contribution >= 0.6 is 11.3 Å². The summed E-state index contributed by atoms with van der Waals surface area (Å²) in [5, 5.41) is 14.6. The van der Waals surface area contributed by atoms with E-state index in [2.05, 4.69) is 64.0 Å². The van der Waals surface area contributed by atoms with E-state index in [1.165, 1.54) is 44.1 Å². The fraction of sp³-hybridized carbons (Fsp3) is 0.0556. The largest absolute Gasteiger partial charge is 0.341 e. The van der Waals surface area contributed by atoms with Gasteiger partial charge in [0.1, 0.15) is 16.9 Å². The molecule has 8 rings (SSSR count). The molecule has 44 heavy (non-hydrogen) atoms. The van der Waals surface area contributed by atoms with E-state index < -0.39 is 0 Å². The van der Waals surface area contributed by atoms with Crippen LogP contribution < -0.4 is 5.56 Å². The van der Waals surface area contributed by atoms with Crippen molar-refractivity contribution in [1.82, 2.24) is 24.0 Å². The highest BCUT2D eigenvalue weighted by Crippen LogP contribution is 2.34. The normalized spacial score (nSPS) is 11.8. The topological polar surface area (TPSA) is 70.0 Å². The molecule has 0 saturated carbocycles. The van der Waals surface area contributed by atoms with E-state index in [4.69, 9.17) is 5.10 Å². The minimum absolute atomic E-state index is 0.211. The lowest BCUT2D eigenvalue weighted by atomic mass is 10.0. The molecule has 212 valence electrons. The quantitative estimate of drug-likeness (QED) is 0.184. The zero-order chi connectivity index (χ0) is 29.6. The van der Waals surface area contributed by atoms with Gasteiger partial charge in [0.2, 0.25) is 0 Å². The highest BCUT2D eigenvalue weighted by Gasteiger charge is 2.16. The number of aromatic nitrogens is 5. The Hall–Kier alpha value is -5.60. The molecule has 0 aliphatic heterocycles. The minimum atomic E-state index is -0.211. The number of benzene rings is 4. The Morgan fingerprint density at radius 1 is 0.841 bits per heavy atom. The number of rotatable bonds is 6. The molecule has 0 saturated heterocycles. The molecule has 0 radical (unpaired) electrons. The van der Waals surface area contributed by atoms with E-state index in [-0.39, 0.29) is 5.56 Å². The Labute approximate surface area is 256 Å². The van der Waals surface area contributed by atoms with Gasteiger partial charge in [0, 0.05) is 56.6 Å². The molecule has 0 aliphatic rings. The fourth-order valence-corrected chi connectivity index (χ4v) is 6.83. The highest BCUT2D eigenvalue weighted by molar-refractivity contribution is 7.17. The average molecular weight is 591 g/mol. The Balaban J connectivity index is 1.27. The predicted molar refractivity (Wildman–Crippen MR) is 180 cm³/mol. The van der Waals surface area contributed by atoms with Crippen molar-refractivity contribution >= 4 is 49.6 Å². The maximum absolute atomic E-state index is 13.7. The number of hydrogen-bond donors (Lipinski definition) is 0. The third-order valence-electron chi connectivity index (χ3n) is 8.01. The van der Waals surface area contributed by atoms with Crippen molar-refractivity contribution in [2.45, 2.75) is 13.5 Å². The summed E-state index contributed by atoms with van der Waals surface area (Å²) in [5.74, 6) is 0. The molecule has 4 heterocycles. The molecule has 0 aliphatic carbocycles. The van der Waals surface area contributed by atoms with Crippen LogP contribution in [0.5, 0.6) is 0 Å². The van der Waals surface area contributed by atoms with Gasteiger partial charge < -0.3 is 4.57 Å². The minimum Gasteiger partial charge on any atom is -0.341 e. The number of hydrogen-bond acceptors (Lipinski definition) is 5. The van der Waals surface area contributed by atoms with E-state index in [0.717, 1.165) is 40.2 Å². The molecule has 0 amide bonds. The average Bonchev–Trinajstić information content (AvgIpc) is 3.79. The summed E-state index contributed by atoms with van der Waals surface area (Å²) < 4.78 is 5.50. The number of aryl methyl sites for hydroxylation is 1. The van der Waals surface area contributed by atoms with Gasteiger partial charge in [-0.15, -0.1) is 11.3 Å². The molecular weight excluding hydrogens is 565 g/mol. The first-order valence-electron chi connectivity index (χ1n) is 14.4. The van der Waals surface area contributed by atoms with Crippen LogP contribution in [0.1, 0.15) is 12.5 Å². The second-order valence-corrected chi connectivity index (χ2v) is 11.4. The molecule has 0 unspecified atom stereocenters. The van der Waals surface area contributed by atoms with Crippen LogP contribution in [0, 0.1) is 0 Å². The summed E-state index contributed by atoms with van der Waals surface area (Å²) in [6, 6.07) is 34.9. The number of nitrogens with zero attached hydrogens (tertiary/aromatic N) is 6. The Morgan fingerprint density at radius 3 is 2.41 bits per heavy atom. The first kappa shape index (κ1) is 26.1. The van der Waals surface area contributed by atoms with Crippen molar-refractivity contribution in [3.8, 4) is 28.1 Å². The Morgan fingerprint density at radius 2 is 1.59 bits per heavy atom. The van der Waals surface area contributed by atoms with Crippen LogP contribution in [-0.4, -0.2) is 30.2 Å². The monoisotopic (exact) mass is 590 g/mol. The molecule has 8 aromatic rings. The molecular formula is C36H26N6OS. The van der Waals surface area contributed by atoms with Crippen molar-refractivity contribution in [1.29, 1.82) is 0 Å². The van der Waals surface area contributed by atoms with Crippen molar-refractivity contribution in [2.75, 3.05) is 0 Å². The van der Waals surface area contributed by atoms with Crippen molar-refractivity contribution in [3.63, 3.8) is 0 Å². The van der Waals surface area contributed by atoms with Crippen LogP contribution in [0.2, 0.25) is 0 Å². The van der Waals surface area contributed by atoms with Crippen LogP contribution in [0.15, 0.2) is 131 Å². The SMILES string of the molecule is CCn1c2ccccc2c2cc(-c3nn(-c4ccccc4)cc3/C=N/n3cnc4scc(-c5ccccc5)c4c3=O)ccc21. The second-order valence-electron chi connectivity index (χ2n) is 10.5. The second kappa shape index (κ2) is 10.6. The Bertz CT molecular complexity index is 2400. The molecule has 4 aromatic carbocycles. The molecule has 0 bridgehead atoms. The zero-order valence-electron chi connectivity index (χ0n) is 23.8. The predicted octanol–water partition coefficient (Wildman–Crippen LogP) is 7.99. The zero-order valence-corrected chi connectivity index (χ0v) is 24.6. The van der Waals surface area contributed by atoms with E-state index in [1.807, 2.05) is 76.9 Å². The molecule has 0 fully saturated rings. The van der Waals surface area contributed by atoms with Gasteiger partial charge in [0.25, 0.3) is 5.56 Å². The third kappa shape index (κ3) is 4.27. The van der Waals surface area contributed by atoms with E-state index >= 15 is 0 Å². The van der Waals surface area contributed by atoms with Gasteiger partial charge in [-0.2, -0.15) is 14.9 Å². The van der Waals surface area contributed by atoms with E-state index in [1.54, 1.807) is 6.21 Å². The van der Waals surface area contributed by atoms with Crippen LogP contribution in [0.3, 0.4) is 0 Å². The summed E-state index contributed by atoms with van der Waals surface area (Å²) in [6.07, 6.45) is 5.13. The lowest BCUT2D eigenvalue weighted by Crippen LogP contribution is -2.16. The van der Waals surface area contributed by atoms with Gasteiger partial charge >= 0.3 is 0 Å². The van der Waals surface area contributed by atoms with Crippen molar-refractivity contribution in [2.24, 2.45) is 5.10 Å². The maximum Gasteiger partial charge on any atom is 0.283 e. The molecule has 0 atom stereocenters. The summed E-state index contributed by atoms with van der Waals surface area (Å²) in [7, 11) is 0. The highest BCUT2D eigenvalue weighted by atomic mass is 32.1. The molecule has 4 aromatic heterocycles.